The van der Waals surface area contributed by atoms with E-state index in [2.05, 4.69) is 0 Å². The molecule has 0 amide bonds. The molecular formula is C8H13NO. The van der Waals surface area contributed by atoms with Crippen LogP contribution in [0.3, 0.4) is 0 Å². The second kappa shape index (κ2) is 3.55. The molecular weight excluding hydrogens is 126 g/mol. The Kier molecular flexibility index (Phi) is 2.67. The summed E-state index contributed by atoms with van der Waals surface area (Å²) in [5, 5.41) is 0. The zero-order valence-electron chi connectivity index (χ0n) is 6.05. The molecule has 2 unspecified atom stereocenters. The van der Waals surface area contributed by atoms with E-state index in [1.54, 1.807) is 6.08 Å². The van der Waals surface area contributed by atoms with Crippen molar-refractivity contribution >= 4 is 5.94 Å². The van der Waals surface area contributed by atoms with Gasteiger partial charge < -0.3 is 5.73 Å². The third kappa shape index (κ3) is 1.69. The molecule has 0 aliphatic heterocycles. The second-order valence-corrected chi connectivity index (χ2v) is 2.90. The summed E-state index contributed by atoms with van der Waals surface area (Å²) in [6.07, 6.45) is 6.12. The Morgan fingerprint density at radius 3 is 2.70 bits per heavy atom. The van der Waals surface area contributed by atoms with Gasteiger partial charge in [-0.15, -0.1) is 0 Å². The zero-order chi connectivity index (χ0) is 7.40. The number of rotatable bonds is 1. The first-order valence-corrected chi connectivity index (χ1v) is 3.81. The van der Waals surface area contributed by atoms with Crippen molar-refractivity contribution in [3.63, 3.8) is 0 Å². The normalized spacial score (nSPS) is 32.9. The monoisotopic (exact) mass is 139 g/mol. The lowest BCUT2D eigenvalue weighted by Crippen LogP contribution is -2.31. The predicted octanol–water partition coefficient (Wildman–Crippen LogP) is 0.892. The van der Waals surface area contributed by atoms with Gasteiger partial charge in [0.2, 0.25) is 0 Å². The van der Waals surface area contributed by atoms with Gasteiger partial charge in [-0.3, -0.25) is 0 Å². The van der Waals surface area contributed by atoms with Gasteiger partial charge in [-0.05, 0) is 12.8 Å². The van der Waals surface area contributed by atoms with Crippen LogP contribution < -0.4 is 5.73 Å². The Labute approximate surface area is 61.1 Å². The largest absolute Gasteiger partial charge is 0.327 e. The van der Waals surface area contributed by atoms with Gasteiger partial charge in [-0.2, -0.15) is 0 Å². The number of hydrogen-bond donors (Lipinski definition) is 1. The Morgan fingerprint density at radius 1 is 1.40 bits per heavy atom. The molecule has 0 aromatic rings. The van der Waals surface area contributed by atoms with Crippen LogP contribution in [0.4, 0.5) is 0 Å². The van der Waals surface area contributed by atoms with Crippen LogP contribution in [0.15, 0.2) is 6.08 Å². The predicted molar refractivity (Wildman–Crippen MR) is 40.2 cm³/mol. The number of hydrogen-bond acceptors (Lipinski definition) is 2. The summed E-state index contributed by atoms with van der Waals surface area (Å²) in [5.41, 5.74) is 5.75. The molecule has 2 atom stereocenters. The molecule has 1 aliphatic rings. The van der Waals surface area contributed by atoms with E-state index in [9.17, 15) is 4.79 Å². The van der Waals surface area contributed by atoms with Crippen LogP contribution in [-0.2, 0) is 4.79 Å². The molecule has 1 saturated carbocycles. The van der Waals surface area contributed by atoms with Crippen LogP contribution >= 0.6 is 0 Å². The van der Waals surface area contributed by atoms with Gasteiger partial charge in [0.25, 0.3) is 0 Å². The van der Waals surface area contributed by atoms with Crippen molar-refractivity contribution in [3.8, 4) is 0 Å². The molecule has 0 aromatic carbocycles. The lowest BCUT2D eigenvalue weighted by molar-refractivity contribution is 0.362. The van der Waals surface area contributed by atoms with Crippen molar-refractivity contribution in [2.45, 2.75) is 31.7 Å². The van der Waals surface area contributed by atoms with Crippen molar-refractivity contribution in [2.24, 2.45) is 11.7 Å². The van der Waals surface area contributed by atoms with E-state index in [1.165, 1.54) is 12.8 Å². The van der Waals surface area contributed by atoms with Crippen LogP contribution in [0, 0.1) is 5.92 Å². The average molecular weight is 139 g/mol. The van der Waals surface area contributed by atoms with Crippen LogP contribution in [0.5, 0.6) is 0 Å². The maximum atomic E-state index is 9.98. The van der Waals surface area contributed by atoms with E-state index >= 15 is 0 Å². The molecule has 2 nitrogen and oxygen atoms in total. The summed E-state index contributed by atoms with van der Waals surface area (Å²) >= 11 is 0. The summed E-state index contributed by atoms with van der Waals surface area (Å²) in [5.74, 6) is 2.11. The smallest absolute Gasteiger partial charge is 0.120 e. The summed E-state index contributed by atoms with van der Waals surface area (Å²) in [4.78, 5) is 9.98. The molecule has 1 rings (SSSR count). The fourth-order valence-corrected chi connectivity index (χ4v) is 1.48. The lowest BCUT2D eigenvalue weighted by atomic mass is 9.85. The topological polar surface area (TPSA) is 43.1 Å². The Hall–Kier alpha value is -0.590. The fraction of sp³-hybridized carbons (Fsp3) is 0.750. The van der Waals surface area contributed by atoms with Gasteiger partial charge >= 0.3 is 0 Å². The molecule has 56 valence electrons. The quantitative estimate of drug-likeness (QED) is 0.548. The van der Waals surface area contributed by atoms with Crippen LogP contribution in [0.1, 0.15) is 25.7 Å². The van der Waals surface area contributed by atoms with Crippen molar-refractivity contribution in [2.75, 3.05) is 0 Å². The van der Waals surface area contributed by atoms with Gasteiger partial charge in [-0.25, -0.2) is 4.79 Å². The molecule has 1 fully saturated rings. The zero-order valence-corrected chi connectivity index (χ0v) is 6.05. The SMILES string of the molecule is NC1CCCCC1C=C=O. The molecule has 0 heterocycles. The minimum Gasteiger partial charge on any atom is -0.327 e. The third-order valence-electron chi connectivity index (χ3n) is 2.16. The molecule has 0 bridgehead atoms. The highest BCUT2D eigenvalue weighted by Gasteiger charge is 2.18. The van der Waals surface area contributed by atoms with Gasteiger partial charge in [0.05, 0.1) is 0 Å². The molecule has 10 heavy (non-hydrogen) atoms. The molecule has 2 heteroatoms. The number of nitrogens with two attached hydrogens (primary N) is 1. The van der Waals surface area contributed by atoms with Gasteiger partial charge in [-0.1, -0.05) is 12.8 Å². The summed E-state index contributed by atoms with van der Waals surface area (Å²) < 4.78 is 0. The first-order valence-electron chi connectivity index (χ1n) is 3.81. The molecule has 2 N–H and O–H groups in total. The maximum absolute atomic E-state index is 9.98. The first kappa shape index (κ1) is 7.52. The van der Waals surface area contributed by atoms with Crippen molar-refractivity contribution in [1.82, 2.24) is 0 Å². The maximum Gasteiger partial charge on any atom is 0.120 e. The minimum atomic E-state index is 0.204. The van der Waals surface area contributed by atoms with Gasteiger partial charge in [0.15, 0.2) is 0 Å². The standard InChI is InChI=1S/C8H13NO/c9-8-4-2-1-3-7(8)5-6-10/h5,7-8H,1-4,9H2. The van der Waals surface area contributed by atoms with E-state index in [0.717, 1.165) is 12.8 Å². The van der Waals surface area contributed by atoms with Crippen LogP contribution in [0.25, 0.3) is 0 Å². The third-order valence-corrected chi connectivity index (χ3v) is 2.16. The Bertz CT molecular complexity index is 149. The Morgan fingerprint density at radius 2 is 2.10 bits per heavy atom. The van der Waals surface area contributed by atoms with E-state index < -0.39 is 0 Å². The van der Waals surface area contributed by atoms with Gasteiger partial charge in [0.1, 0.15) is 5.94 Å². The highest BCUT2D eigenvalue weighted by Crippen LogP contribution is 2.22. The number of carbonyl (C=O) groups excluding carboxylic acids is 1. The summed E-state index contributed by atoms with van der Waals surface area (Å²) in [6, 6.07) is 0.204. The fourth-order valence-electron chi connectivity index (χ4n) is 1.48. The molecule has 0 radical (unpaired) electrons. The molecule has 1 aliphatic carbocycles. The highest BCUT2D eigenvalue weighted by atomic mass is 16.1. The van der Waals surface area contributed by atoms with E-state index in [-0.39, 0.29) is 6.04 Å². The van der Waals surface area contributed by atoms with Crippen molar-refractivity contribution < 1.29 is 4.79 Å². The van der Waals surface area contributed by atoms with Crippen molar-refractivity contribution in [3.05, 3.63) is 6.08 Å². The average Bonchev–Trinajstić information content (AvgIpc) is 1.94. The van der Waals surface area contributed by atoms with Crippen LogP contribution in [0.2, 0.25) is 0 Å². The van der Waals surface area contributed by atoms with Gasteiger partial charge in [0, 0.05) is 18.0 Å². The lowest BCUT2D eigenvalue weighted by Gasteiger charge is -2.24. The molecule has 0 aromatic heterocycles. The van der Waals surface area contributed by atoms with E-state index in [1.807, 2.05) is 5.94 Å². The highest BCUT2D eigenvalue weighted by molar-refractivity contribution is 5.45. The minimum absolute atomic E-state index is 0.204. The van der Waals surface area contributed by atoms with E-state index in [4.69, 9.17) is 5.73 Å². The van der Waals surface area contributed by atoms with Crippen LogP contribution in [-0.4, -0.2) is 12.0 Å². The summed E-state index contributed by atoms with van der Waals surface area (Å²) in [6.45, 7) is 0. The second-order valence-electron chi connectivity index (χ2n) is 2.90. The molecule has 0 spiro atoms. The molecule has 0 saturated heterocycles. The first-order chi connectivity index (χ1) is 4.84. The Balaban J connectivity index is 2.47. The van der Waals surface area contributed by atoms with E-state index in [0.29, 0.717) is 5.92 Å². The summed E-state index contributed by atoms with van der Waals surface area (Å²) in [7, 11) is 0. The van der Waals surface area contributed by atoms with Crippen molar-refractivity contribution in [1.29, 1.82) is 0 Å².